The molecule has 0 bridgehead atoms. The molecule has 66 valence electrons. The fourth-order valence-corrected chi connectivity index (χ4v) is 0.922. The Kier molecular flexibility index (Phi) is 2.65. The van der Waals surface area contributed by atoms with E-state index in [-0.39, 0.29) is 5.78 Å². The molecule has 0 spiro atoms. The van der Waals surface area contributed by atoms with Crippen molar-refractivity contribution in [1.82, 2.24) is 0 Å². The van der Waals surface area contributed by atoms with Gasteiger partial charge in [-0.1, -0.05) is 6.92 Å². The van der Waals surface area contributed by atoms with Crippen LogP contribution in [-0.2, 0) is 0 Å². The first-order valence-electron chi connectivity index (χ1n) is 3.94. The van der Waals surface area contributed by atoms with E-state index in [1.54, 1.807) is 12.1 Å². The molecule has 0 saturated carbocycles. The Morgan fingerprint density at radius 2 is 2.33 bits per heavy atom. The Bertz CT molecular complexity index is 275. The van der Waals surface area contributed by atoms with Crippen LogP contribution in [0.3, 0.4) is 0 Å². The normalized spacial score (nSPS) is 12.9. The molecule has 1 rings (SSSR count). The van der Waals surface area contributed by atoms with Crippen molar-refractivity contribution in [2.45, 2.75) is 26.4 Å². The Hall–Kier alpha value is -1.09. The highest BCUT2D eigenvalue weighted by atomic mass is 16.4. The van der Waals surface area contributed by atoms with Gasteiger partial charge in [0, 0.05) is 6.92 Å². The van der Waals surface area contributed by atoms with Gasteiger partial charge in [-0.2, -0.15) is 0 Å². The molecule has 1 unspecified atom stereocenters. The molecule has 1 aromatic rings. The largest absolute Gasteiger partial charge is 0.455 e. The van der Waals surface area contributed by atoms with Crippen LogP contribution in [0.4, 0.5) is 0 Å². The van der Waals surface area contributed by atoms with Gasteiger partial charge >= 0.3 is 0 Å². The van der Waals surface area contributed by atoms with Crippen LogP contribution in [0.1, 0.15) is 42.7 Å². The number of rotatable bonds is 3. The molecule has 0 aliphatic carbocycles. The molecule has 0 aliphatic rings. The van der Waals surface area contributed by atoms with Crippen molar-refractivity contribution in [2.75, 3.05) is 0 Å². The lowest BCUT2D eigenvalue weighted by Crippen LogP contribution is -1.92. The third-order valence-electron chi connectivity index (χ3n) is 1.69. The number of hydrogen-bond acceptors (Lipinski definition) is 3. The minimum atomic E-state index is -0.599. The Labute approximate surface area is 71.0 Å². The number of furan rings is 1. The quantitative estimate of drug-likeness (QED) is 0.701. The highest BCUT2D eigenvalue weighted by Crippen LogP contribution is 2.18. The van der Waals surface area contributed by atoms with Gasteiger partial charge in [0.1, 0.15) is 11.9 Å². The van der Waals surface area contributed by atoms with E-state index in [9.17, 15) is 9.90 Å². The summed E-state index contributed by atoms with van der Waals surface area (Å²) in [7, 11) is 0. The van der Waals surface area contributed by atoms with Crippen LogP contribution in [-0.4, -0.2) is 10.9 Å². The predicted molar refractivity (Wildman–Crippen MR) is 44.0 cm³/mol. The maximum Gasteiger partial charge on any atom is 0.194 e. The van der Waals surface area contributed by atoms with Crippen molar-refractivity contribution in [3.63, 3.8) is 0 Å². The number of Topliss-reactive ketones (excluding diaryl/α,β-unsaturated/α-hetero) is 1. The summed E-state index contributed by atoms with van der Waals surface area (Å²) in [5, 5.41) is 9.32. The van der Waals surface area contributed by atoms with Crippen molar-refractivity contribution in [3.8, 4) is 0 Å². The predicted octanol–water partition coefficient (Wildman–Crippen LogP) is 1.93. The van der Waals surface area contributed by atoms with E-state index in [1.165, 1.54) is 6.92 Å². The molecule has 3 heteroatoms. The van der Waals surface area contributed by atoms with Crippen molar-refractivity contribution >= 4 is 5.78 Å². The fourth-order valence-electron chi connectivity index (χ4n) is 0.922. The first-order chi connectivity index (χ1) is 5.65. The molecule has 1 heterocycles. The van der Waals surface area contributed by atoms with E-state index < -0.39 is 6.10 Å². The first kappa shape index (κ1) is 9.00. The Balaban J connectivity index is 2.84. The summed E-state index contributed by atoms with van der Waals surface area (Å²) in [5.41, 5.74) is 0. The van der Waals surface area contributed by atoms with Crippen molar-refractivity contribution < 1.29 is 14.3 Å². The minimum Gasteiger partial charge on any atom is -0.455 e. The van der Waals surface area contributed by atoms with E-state index in [2.05, 4.69) is 0 Å². The molecule has 0 radical (unpaired) electrons. The van der Waals surface area contributed by atoms with Crippen LogP contribution in [0, 0.1) is 0 Å². The van der Waals surface area contributed by atoms with Gasteiger partial charge < -0.3 is 9.52 Å². The summed E-state index contributed by atoms with van der Waals surface area (Å²) in [6.07, 6.45) is -0.0108. The van der Waals surface area contributed by atoms with Gasteiger partial charge in [0.25, 0.3) is 0 Å². The molecule has 1 aromatic heterocycles. The third-order valence-corrected chi connectivity index (χ3v) is 1.69. The zero-order valence-corrected chi connectivity index (χ0v) is 7.20. The highest BCUT2D eigenvalue weighted by Gasteiger charge is 2.11. The maximum absolute atomic E-state index is 10.8. The second-order valence-corrected chi connectivity index (χ2v) is 2.68. The number of carbonyl (C=O) groups excluding carboxylic acids is 1. The van der Waals surface area contributed by atoms with Gasteiger partial charge in [0.05, 0.1) is 0 Å². The summed E-state index contributed by atoms with van der Waals surface area (Å²) < 4.78 is 5.10. The van der Waals surface area contributed by atoms with E-state index in [1.807, 2.05) is 6.92 Å². The molecule has 1 atom stereocenters. The van der Waals surface area contributed by atoms with Crippen molar-refractivity contribution in [2.24, 2.45) is 0 Å². The number of aliphatic hydroxyl groups is 1. The summed E-state index contributed by atoms with van der Waals surface area (Å²) >= 11 is 0. The second-order valence-electron chi connectivity index (χ2n) is 2.68. The van der Waals surface area contributed by atoms with Crippen LogP contribution >= 0.6 is 0 Å². The smallest absolute Gasteiger partial charge is 0.194 e. The summed E-state index contributed by atoms with van der Waals surface area (Å²) in [5.74, 6) is 0.643. The standard InChI is InChI=1S/C9H12O3/c1-3-7(11)9-5-4-8(12-9)6(2)10/h4-5,7,11H,3H2,1-2H3. The summed E-state index contributed by atoms with van der Waals surface area (Å²) in [4.78, 5) is 10.8. The van der Waals surface area contributed by atoms with Crippen LogP contribution in [0.2, 0.25) is 0 Å². The lowest BCUT2D eigenvalue weighted by Gasteiger charge is -2.01. The molecule has 0 amide bonds. The van der Waals surface area contributed by atoms with Crippen molar-refractivity contribution in [1.29, 1.82) is 0 Å². The average Bonchev–Trinajstić information content (AvgIpc) is 2.51. The maximum atomic E-state index is 10.8. The van der Waals surface area contributed by atoms with Gasteiger partial charge in [0.2, 0.25) is 0 Å². The lowest BCUT2D eigenvalue weighted by molar-refractivity contribution is 0.0971. The molecule has 3 nitrogen and oxygen atoms in total. The number of carbonyl (C=O) groups is 1. The van der Waals surface area contributed by atoms with Gasteiger partial charge in [-0.25, -0.2) is 0 Å². The second kappa shape index (κ2) is 3.54. The minimum absolute atomic E-state index is 0.121. The van der Waals surface area contributed by atoms with E-state index in [0.29, 0.717) is 17.9 Å². The molecule has 12 heavy (non-hydrogen) atoms. The van der Waals surface area contributed by atoms with Gasteiger partial charge in [0.15, 0.2) is 11.5 Å². The summed E-state index contributed by atoms with van der Waals surface area (Å²) in [6, 6.07) is 3.21. The molecule has 0 fully saturated rings. The molecular formula is C9H12O3. The monoisotopic (exact) mass is 168 g/mol. The van der Waals surface area contributed by atoms with Crippen molar-refractivity contribution in [3.05, 3.63) is 23.7 Å². The van der Waals surface area contributed by atoms with Crippen LogP contribution in [0.5, 0.6) is 0 Å². The van der Waals surface area contributed by atoms with Gasteiger partial charge in [-0.3, -0.25) is 4.79 Å². The number of hydrogen-bond donors (Lipinski definition) is 1. The van der Waals surface area contributed by atoms with E-state index >= 15 is 0 Å². The first-order valence-corrected chi connectivity index (χ1v) is 3.94. The van der Waals surface area contributed by atoms with Gasteiger partial charge in [-0.05, 0) is 18.6 Å². The molecular weight excluding hydrogens is 156 g/mol. The Morgan fingerprint density at radius 1 is 1.67 bits per heavy atom. The van der Waals surface area contributed by atoms with Crippen LogP contribution in [0.15, 0.2) is 16.5 Å². The number of aliphatic hydroxyl groups excluding tert-OH is 1. The summed E-state index contributed by atoms with van der Waals surface area (Å²) in [6.45, 7) is 3.28. The SMILES string of the molecule is CCC(O)c1ccc(C(C)=O)o1. The lowest BCUT2D eigenvalue weighted by atomic mass is 10.2. The van der Waals surface area contributed by atoms with E-state index in [0.717, 1.165) is 0 Å². The molecule has 1 N–H and O–H groups in total. The molecule has 0 aliphatic heterocycles. The van der Waals surface area contributed by atoms with Crippen LogP contribution in [0.25, 0.3) is 0 Å². The zero-order chi connectivity index (χ0) is 9.14. The zero-order valence-electron chi connectivity index (χ0n) is 7.20. The van der Waals surface area contributed by atoms with E-state index in [4.69, 9.17) is 4.42 Å². The Morgan fingerprint density at radius 3 is 2.75 bits per heavy atom. The highest BCUT2D eigenvalue weighted by molar-refractivity contribution is 5.91. The molecule has 0 saturated heterocycles. The van der Waals surface area contributed by atoms with Gasteiger partial charge in [-0.15, -0.1) is 0 Å². The topological polar surface area (TPSA) is 50.4 Å². The van der Waals surface area contributed by atoms with Crippen LogP contribution < -0.4 is 0 Å². The number of ketones is 1. The average molecular weight is 168 g/mol. The third kappa shape index (κ3) is 1.74. The molecule has 0 aromatic carbocycles. The fraction of sp³-hybridized carbons (Fsp3) is 0.444.